The van der Waals surface area contributed by atoms with E-state index in [1.165, 1.54) is 11.3 Å². The van der Waals surface area contributed by atoms with Crippen molar-refractivity contribution < 1.29 is 4.79 Å². The quantitative estimate of drug-likeness (QED) is 0.445. The first-order chi connectivity index (χ1) is 14.0. The van der Waals surface area contributed by atoms with Crippen LogP contribution in [-0.4, -0.2) is 19.9 Å². The summed E-state index contributed by atoms with van der Waals surface area (Å²) in [6.45, 7) is 3.92. The van der Waals surface area contributed by atoms with E-state index in [1.54, 1.807) is 23.0 Å². The molecule has 0 aliphatic heterocycles. The van der Waals surface area contributed by atoms with Crippen LogP contribution in [-0.2, 0) is 6.42 Å². The molecule has 1 aromatic carbocycles. The zero-order chi connectivity index (χ0) is 20.4. The molecule has 0 radical (unpaired) electrons. The molecule has 0 saturated heterocycles. The maximum absolute atomic E-state index is 12.3. The first-order valence-corrected chi connectivity index (χ1v) is 10.2. The summed E-state index contributed by atoms with van der Waals surface area (Å²) in [7, 11) is 0. The average Bonchev–Trinajstić information content (AvgIpc) is 3.36. The molecule has 146 valence electrons. The highest BCUT2D eigenvalue weighted by molar-refractivity contribution is 7.14. The zero-order valence-corrected chi connectivity index (χ0v) is 17.1. The van der Waals surface area contributed by atoms with Gasteiger partial charge in [-0.2, -0.15) is 0 Å². The average molecular weight is 404 g/mol. The highest BCUT2D eigenvalue weighted by Crippen LogP contribution is 2.18. The number of hydrogen-bond acceptors (Lipinski definition) is 4. The van der Waals surface area contributed by atoms with Crippen molar-refractivity contribution in [3.8, 4) is 11.4 Å². The van der Waals surface area contributed by atoms with Crippen molar-refractivity contribution in [2.75, 3.05) is 0 Å². The van der Waals surface area contributed by atoms with Crippen LogP contribution < -0.4 is 5.56 Å². The number of aromatic nitrogens is 3. The number of rotatable bonds is 6. The second-order valence-electron chi connectivity index (χ2n) is 6.96. The van der Waals surface area contributed by atoms with E-state index in [2.05, 4.69) is 4.98 Å². The largest absolute Gasteiger partial charge is 0.306 e. The molecule has 0 aliphatic carbocycles. The zero-order valence-electron chi connectivity index (χ0n) is 16.3. The van der Waals surface area contributed by atoms with Gasteiger partial charge in [-0.25, -0.2) is 4.98 Å². The Balaban J connectivity index is 1.47. The minimum Gasteiger partial charge on any atom is -0.306 e. The Morgan fingerprint density at radius 2 is 1.76 bits per heavy atom. The van der Waals surface area contributed by atoms with E-state index in [9.17, 15) is 9.59 Å². The maximum Gasteiger partial charge on any atom is 0.255 e. The van der Waals surface area contributed by atoms with Crippen molar-refractivity contribution >= 4 is 17.1 Å². The number of carbonyl (C=O) groups excluding carboxylic acids is 1. The van der Waals surface area contributed by atoms with Gasteiger partial charge in [0.05, 0.1) is 16.9 Å². The molecule has 0 bridgehead atoms. The number of thiophene rings is 1. The molecule has 0 saturated carbocycles. The Kier molecular flexibility index (Phi) is 5.27. The molecule has 29 heavy (non-hydrogen) atoms. The molecule has 0 unspecified atom stereocenters. The summed E-state index contributed by atoms with van der Waals surface area (Å²) in [4.78, 5) is 30.8. The standard InChI is InChI=1S/C23H21N3O2S/c1-16-4-3-5-23(28)26(16)20-10-8-19(9-11-20)25-14-18(24-15-25)7-12-21(27)22-13-6-17(2)29-22/h3-6,8-11,13-15H,7,12H2,1-2H3. The molecule has 0 N–H and O–H groups in total. The van der Waals surface area contributed by atoms with Crippen molar-refractivity contribution in [1.29, 1.82) is 0 Å². The van der Waals surface area contributed by atoms with Crippen LogP contribution in [0.2, 0.25) is 0 Å². The molecule has 3 aromatic heterocycles. The van der Waals surface area contributed by atoms with Gasteiger partial charge in [0.1, 0.15) is 0 Å². The SMILES string of the molecule is Cc1ccc(C(=O)CCc2cn(-c3ccc(-n4c(C)cccc4=O)cc3)cn2)s1. The monoisotopic (exact) mass is 403 g/mol. The number of pyridine rings is 1. The van der Waals surface area contributed by atoms with Gasteiger partial charge in [0.15, 0.2) is 5.78 Å². The Labute approximate surface area is 172 Å². The Morgan fingerprint density at radius 3 is 2.45 bits per heavy atom. The van der Waals surface area contributed by atoms with Crippen LogP contribution >= 0.6 is 11.3 Å². The molecule has 0 aliphatic rings. The second-order valence-corrected chi connectivity index (χ2v) is 8.25. The van der Waals surface area contributed by atoms with Crippen LogP contribution in [0.1, 0.15) is 32.4 Å². The molecule has 0 atom stereocenters. The Morgan fingerprint density at radius 1 is 1.00 bits per heavy atom. The van der Waals surface area contributed by atoms with Crippen LogP contribution in [0.25, 0.3) is 11.4 Å². The van der Waals surface area contributed by atoms with Crippen LogP contribution in [0.15, 0.2) is 71.9 Å². The molecule has 3 heterocycles. The maximum atomic E-state index is 12.3. The number of imidazole rings is 1. The van der Waals surface area contributed by atoms with Crippen molar-refractivity contribution in [1.82, 2.24) is 14.1 Å². The van der Waals surface area contributed by atoms with Gasteiger partial charge in [-0.3, -0.25) is 14.2 Å². The van der Waals surface area contributed by atoms with Gasteiger partial charge in [-0.1, -0.05) is 6.07 Å². The highest BCUT2D eigenvalue weighted by atomic mass is 32.1. The number of ketones is 1. The molecule has 4 aromatic rings. The Bertz CT molecular complexity index is 1220. The molecule has 0 spiro atoms. The normalized spacial score (nSPS) is 11.0. The summed E-state index contributed by atoms with van der Waals surface area (Å²) in [5.41, 5.74) is 3.50. The Hall–Kier alpha value is -3.25. The molecule has 0 fully saturated rings. The van der Waals surface area contributed by atoms with Gasteiger partial charge in [0.2, 0.25) is 0 Å². The molecular formula is C23H21N3O2S. The van der Waals surface area contributed by atoms with Gasteiger partial charge in [-0.05, 0) is 62.7 Å². The summed E-state index contributed by atoms with van der Waals surface area (Å²) in [6.07, 6.45) is 4.76. The summed E-state index contributed by atoms with van der Waals surface area (Å²) in [5.74, 6) is 0.158. The third-order valence-corrected chi connectivity index (χ3v) is 5.86. The fourth-order valence-corrected chi connectivity index (χ4v) is 4.12. The molecule has 0 amide bonds. The van der Waals surface area contributed by atoms with E-state index in [0.717, 1.165) is 32.5 Å². The number of aryl methyl sites for hydroxylation is 3. The van der Waals surface area contributed by atoms with Crippen molar-refractivity contribution in [2.24, 2.45) is 0 Å². The number of benzene rings is 1. The van der Waals surface area contributed by atoms with E-state index < -0.39 is 0 Å². The highest BCUT2D eigenvalue weighted by Gasteiger charge is 2.10. The van der Waals surface area contributed by atoms with E-state index in [1.807, 2.05) is 67.1 Å². The lowest BCUT2D eigenvalue weighted by molar-refractivity contribution is 0.0986. The molecule has 4 rings (SSSR count). The number of hydrogen-bond donors (Lipinski definition) is 0. The number of nitrogens with zero attached hydrogens (tertiary/aromatic N) is 3. The minimum atomic E-state index is -0.0479. The molecule has 5 nitrogen and oxygen atoms in total. The van der Waals surface area contributed by atoms with Gasteiger partial charge in [0.25, 0.3) is 5.56 Å². The smallest absolute Gasteiger partial charge is 0.255 e. The van der Waals surface area contributed by atoms with Crippen LogP contribution in [0.4, 0.5) is 0 Å². The summed E-state index contributed by atoms with van der Waals surface area (Å²) in [5, 5.41) is 0. The minimum absolute atomic E-state index is 0.0479. The predicted molar refractivity (Wildman–Crippen MR) is 116 cm³/mol. The molecule has 6 heteroatoms. The first kappa shape index (κ1) is 19.1. The fourth-order valence-electron chi connectivity index (χ4n) is 3.28. The lowest BCUT2D eigenvalue weighted by Crippen LogP contribution is -2.18. The van der Waals surface area contributed by atoms with Crippen LogP contribution in [0.3, 0.4) is 0 Å². The topological polar surface area (TPSA) is 56.9 Å². The van der Waals surface area contributed by atoms with E-state index in [4.69, 9.17) is 0 Å². The first-order valence-electron chi connectivity index (χ1n) is 9.43. The third-order valence-electron chi connectivity index (χ3n) is 4.81. The third kappa shape index (κ3) is 4.12. The van der Waals surface area contributed by atoms with Gasteiger partial charge < -0.3 is 4.57 Å². The van der Waals surface area contributed by atoms with Crippen LogP contribution in [0.5, 0.6) is 0 Å². The van der Waals surface area contributed by atoms with E-state index >= 15 is 0 Å². The summed E-state index contributed by atoms with van der Waals surface area (Å²) in [6, 6.07) is 16.9. The lowest BCUT2D eigenvalue weighted by atomic mass is 10.1. The van der Waals surface area contributed by atoms with E-state index in [-0.39, 0.29) is 11.3 Å². The van der Waals surface area contributed by atoms with Crippen molar-refractivity contribution in [3.63, 3.8) is 0 Å². The lowest BCUT2D eigenvalue weighted by Gasteiger charge is -2.10. The van der Waals surface area contributed by atoms with Crippen LogP contribution in [0, 0.1) is 13.8 Å². The number of carbonyl (C=O) groups is 1. The van der Waals surface area contributed by atoms with Gasteiger partial charge >= 0.3 is 0 Å². The summed E-state index contributed by atoms with van der Waals surface area (Å²) >= 11 is 1.54. The van der Waals surface area contributed by atoms with Gasteiger partial charge in [0, 0.05) is 40.6 Å². The second kappa shape index (κ2) is 8.01. The predicted octanol–water partition coefficient (Wildman–Crippen LogP) is 4.52. The fraction of sp³-hybridized carbons (Fsp3) is 0.174. The summed E-state index contributed by atoms with van der Waals surface area (Å²) < 4.78 is 3.61. The van der Waals surface area contributed by atoms with E-state index in [0.29, 0.717) is 12.8 Å². The van der Waals surface area contributed by atoms with Crippen molar-refractivity contribution in [3.05, 3.63) is 98.6 Å². The number of Topliss-reactive ketones (excluding diaryl/α,β-unsaturated/α-hetero) is 1. The van der Waals surface area contributed by atoms with Crippen molar-refractivity contribution in [2.45, 2.75) is 26.7 Å². The van der Waals surface area contributed by atoms with Gasteiger partial charge in [-0.15, -0.1) is 11.3 Å². The molecular weight excluding hydrogens is 382 g/mol.